The molecular formula is C12H15Br3O3. The van der Waals surface area contributed by atoms with Gasteiger partial charge in [0.05, 0.1) is 0 Å². The number of rotatable bonds is 6. The first-order chi connectivity index (χ1) is 8.36. The Bertz CT molecular complexity index is 311. The molecule has 0 heterocycles. The van der Waals surface area contributed by atoms with Gasteiger partial charge in [-0.25, -0.2) is 0 Å². The molecule has 0 saturated carbocycles. The molecule has 0 aliphatic heterocycles. The van der Waals surface area contributed by atoms with Crippen molar-refractivity contribution in [2.75, 3.05) is 0 Å². The van der Waals surface area contributed by atoms with Crippen molar-refractivity contribution < 1.29 is 14.2 Å². The minimum atomic E-state index is -0.0802. The van der Waals surface area contributed by atoms with E-state index < -0.39 is 0 Å². The SMILES string of the molecule is CC(Br)Oc1cc(OC(C)Br)cc(OC(C)Br)c1. The van der Waals surface area contributed by atoms with Crippen LogP contribution in [-0.2, 0) is 0 Å². The summed E-state index contributed by atoms with van der Waals surface area (Å²) in [6.07, 6.45) is 0. The van der Waals surface area contributed by atoms with Gasteiger partial charge in [-0.2, -0.15) is 0 Å². The quantitative estimate of drug-likeness (QED) is 0.572. The van der Waals surface area contributed by atoms with Gasteiger partial charge in [0.2, 0.25) is 0 Å². The van der Waals surface area contributed by atoms with E-state index in [4.69, 9.17) is 14.2 Å². The monoisotopic (exact) mass is 444 g/mol. The van der Waals surface area contributed by atoms with E-state index in [2.05, 4.69) is 47.8 Å². The minimum Gasteiger partial charge on any atom is -0.479 e. The van der Waals surface area contributed by atoms with Crippen LogP contribution in [0.4, 0.5) is 0 Å². The van der Waals surface area contributed by atoms with E-state index in [1.165, 1.54) is 0 Å². The number of halogens is 3. The molecule has 1 aromatic rings. The van der Waals surface area contributed by atoms with Gasteiger partial charge >= 0.3 is 0 Å². The second-order valence-corrected chi connectivity index (χ2v) is 7.49. The van der Waals surface area contributed by atoms with Crippen molar-refractivity contribution >= 4 is 47.8 Å². The highest BCUT2D eigenvalue weighted by Crippen LogP contribution is 2.31. The molecule has 0 amide bonds. The van der Waals surface area contributed by atoms with Crippen molar-refractivity contribution in [3.05, 3.63) is 18.2 Å². The van der Waals surface area contributed by atoms with Crippen LogP contribution in [0.25, 0.3) is 0 Å². The van der Waals surface area contributed by atoms with Gasteiger partial charge in [0.1, 0.15) is 17.2 Å². The fraction of sp³-hybridized carbons (Fsp3) is 0.500. The Hall–Kier alpha value is 0.0600. The molecule has 0 fully saturated rings. The van der Waals surface area contributed by atoms with Gasteiger partial charge in [0.15, 0.2) is 15.0 Å². The summed E-state index contributed by atoms with van der Waals surface area (Å²) in [5.74, 6) is 2.06. The van der Waals surface area contributed by atoms with Crippen LogP contribution < -0.4 is 14.2 Å². The van der Waals surface area contributed by atoms with Crippen LogP contribution in [0.3, 0.4) is 0 Å². The van der Waals surface area contributed by atoms with Gasteiger partial charge in [-0.05, 0) is 68.6 Å². The van der Waals surface area contributed by atoms with Crippen molar-refractivity contribution in [3.8, 4) is 17.2 Å². The van der Waals surface area contributed by atoms with E-state index in [0.29, 0.717) is 17.2 Å². The first-order valence-corrected chi connectivity index (χ1v) is 8.19. The van der Waals surface area contributed by atoms with Gasteiger partial charge < -0.3 is 14.2 Å². The predicted molar refractivity (Wildman–Crippen MR) is 83.5 cm³/mol. The van der Waals surface area contributed by atoms with Gasteiger partial charge in [0.25, 0.3) is 0 Å². The molecule has 3 unspecified atom stereocenters. The summed E-state index contributed by atoms with van der Waals surface area (Å²) in [6, 6.07) is 5.46. The van der Waals surface area contributed by atoms with E-state index >= 15 is 0 Å². The Morgan fingerprint density at radius 3 is 1.06 bits per heavy atom. The molecule has 1 aromatic carbocycles. The van der Waals surface area contributed by atoms with Crippen LogP contribution in [0.5, 0.6) is 17.2 Å². The molecular weight excluding hydrogens is 432 g/mol. The van der Waals surface area contributed by atoms with Gasteiger partial charge in [-0.15, -0.1) is 0 Å². The molecule has 0 spiro atoms. The molecule has 3 nitrogen and oxygen atoms in total. The third-order valence-corrected chi connectivity index (χ3v) is 2.31. The van der Waals surface area contributed by atoms with Crippen molar-refractivity contribution in [1.82, 2.24) is 0 Å². The zero-order valence-electron chi connectivity index (χ0n) is 10.3. The standard InChI is InChI=1S/C12H15Br3O3/c1-7(13)16-10-4-11(17-8(2)14)6-12(5-10)18-9(3)15/h4-9H,1-3H3. The van der Waals surface area contributed by atoms with Gasteiger partial charge in [0, 0.05) is 18.2 Å². The van der Waals surface area contributed by atoms with Crippen molar-refractivity contribution in [3.63, 3.8) is 0 Å². The number of hydrogen-bond acceptors (Lipinski definition) is 3. The Labute approximate surface area is 133 Å². The number of alkyl halides is 3. The lowest BCUT2D eigenvalue weighted by Gasteiger charge is -2.15. The molecule has 0 aliphatic carbocycles. The Balaban J connectivity index is 2.95. The van der Waals surface area contributed by atoms with Crippen LogP contribution in [0.2, 0.25) is 0 Å². The highest BCUT2D eigenvalue weighted by atomic mass is 79.9. The maximum absolute atomic E-state index is 5.58. The second-order valence-electron chi connectivity index (χ2n) is 3.62. The van der Waals surface area contributed by atoms with Crippen LogP contribution in [0, 0.1) is 0 Å². The third kappa shape index (κ3) is 6.29. The van der Waals surface area contributed by atoms with E-state index in [0.717, 1.165) is 0 Å². The first kappa shape index (κ1) is 16.1. The molecule has 0 saturated heterocycles. The highest BCUT2D eigenvalue weighted by Gasteiger charge is 2.09. The Morgan fingerprint density at radius 1 is 0.667 bits per heavy atom. The van der Waals surface area contributed by atoms with Crippen LogP contribution in [-0.4, -0.2) is 15.0 Å². The number of benzene rings is 1. The molecule has 0 aliphatic rings. The van der Waals surface area contributed by atoms with Crippen LogP contribution in [0.15, 0.2) is 18.2 Å². The lowest BCUT2D eigenvalue weighted by molar-refractivity contribution is 0.283. The number of hydrogen-bond donors (Lipinski definition) is 0. The average Bonchev–Trinajstić information content (AvgIpc) is 2.12. The lowest BCUT2D eigenvalue weighted by Crippen LogP contribution is -2.06. The van der Waals surface area contributed by atoms with Crippen LogP contribution >= 0.6 is 47.8 Å². The molecule has 18 heavy (non-hydrogen) atoms. The van der Waals surface area contributed by atoms with Crippen molar-refractivity contribution in [2.24, 2.45) is 0 Å². The fourth-order valence-electron chi connectivity index (χ4n) is 1.31. The fourth-order valence-corrected chi connectivity index (χ4v) is 1.96. The van der Waals surface area contributed by atoms with Gasteiger partial charge in [-0.3, -0.25) is 0 Å². The summed E-state index contributed by atoms with van der Waals surface area (Å²) < 4.78 is 16.8. The number of ether oxygens (including phenoxy) is 3. The average molecular weight is 447 g/mol. The Morgan fingerprint density at radius 2 is 0.889 bits per heavy atom. The zero-order chi connectivity index (χ0) is 13.7. The summed E-state index contributed by atoms with van der Waals surface area (Å²) in [6.45, 7) is 5.69. The molecule has 0 N–H and O–H groups in total. The largest absolute Gasteiger partial charge is 0.479 e. The molecule has 6 heteroatoms. The molecule has 1 rings (SSSR count). The normalized spacial score (nSPS) is 15.7. The molecule has 0 radical (unpaired) electrons. The van der Waals surface area contributed by atoms with E-state index in [-0.39, 0.29) is 15.0 Å². The Kier molecular flexibility index (Phi) is 6.81. The smallest absolute Gasteiger partial charge is 0.150 e. The second kappa shape index (κ2) is 7.60. The highest BCUT2D eigenvalue weighted by molar-refractivity contribution is 9.09. The zero-order valence-corrected chi connectivity index (χ0v) is 15.1. The summed E-state index contributed by atoms with van der Waals surface area (Å²) in [5.41, 5.74) is 0. The summed E-state index contributed by atoms with van der Waals surface area (Å²) in [7, 11) is 0. The maximum Gasteiger partial charge on any atom is 0.150 e. The maximum atomic E-state index is 5.58. The van der Waals surface area contributed by atoms with Gasteiger partial charge in [-0.1, -0.05) is 0 Å². The molecule has 3 atom stereocenters. The van der Waals surface area contributed by atoms with E-state index in [9.17, 15) is 0 Å². The predicted octanol–water partition coefficient (Wildman–Crippen LogP) is 5.05. The molecule has 0 bridgehead atoms. The van der Waals surface area contributed by atoms with Crippen molar-refractivity contribution in [1.29, 1.82) is 0 Å². The lowest BCUT2D eigenvalue weighted by atomic mass is 10.3. The minimum absolute atomic E-state index is 0.0802. The third-order valence-electron chi connectivity index (χ3n) is 1.75. The summed E-state index contributed by atoms with van der Waals surface area (Å²) in [5, 5.41) is -0.241. The van der Waals surface area contributed by atoms with E-state index in [1.54, 1.807) is 0 Å². The first-order valence-electron chi connectivity index (χ1n) is 5.44. The molecule has 0 aromatic heterocycles. The summed E-state index contributed by atoms with van der Waals surface area (Å²) in [4.78, 5) is 0. The van der Waals surface area contributed by atoms with E-state index in [1.807, 2.05) is 39.0 Å². The topological polar surface area (TPSA) is 27.7 Å². The van der Waals surface area contributed by atoms with Crippen molar-refractivity contribution in [2.45, 2.75) is 35.8 Å². The molecule has 102 valence electrons. The van der Waals surface area contributed by atoms with Crippen LogP contribution in [0.1, 0.15) is 20.8 Å². The summed E-state index contributed by atoms with van der Waals surface area (Å²) >= 11 is 10.0.